The first kappa shape index (κ1) is 9.74. The normalized spacial score (nSPS) is 10.2. The molecule has 0 bridgehead atoms. The maximum Gasteiger partial charge on any atom is 0.0956 e. The van der Waals surface area contributed by atoms with Crippen molar-refractivity contribution in [1.82, 2.24) is 14.5 Å². The summed E-state index contributed by atoms with van der Waals surface area (Å²) in [5, 5.41) is 0. The SMILES string of the molecule is C=CCN(CC=C)Cn1ccnc1. The van der Waals surface area contributed by atoms with E-state index in [1.54, 1.807) is 12.5 Å². The molecule has 1 rings (SSSR count). The lowest BCUT2D eigenvalue weighted by atomic mass is 10.5. The van der Waals surface area contributed by atoms with Gasteiger partial charge in [-0.2, -0.15) is 0 Å². The van der Waals surface area contributed by atoms with Gasteiger partial charge in [-0.05, 0) is 0 Å². The Kier molecular flexibility index (Phi) is 3.99. The fraction of sp³-hybridized carbons (Fsp3) is 0.300. The standard InChI is InChI=1S/C10H15N3/c1-3-6-12(7-4-2)10-13-8-5-11-9-13/h3-5,8-9H,1-2,6-7,10H2. The molecule has 70 valence electrons. The maximum absolute atomic E-state index is 3.98. The van der Waals surface area contributed by atoms with Crippen molar-refractivity contribution >= 4 is 0 Å². The molecule has 0 saturated heterocycles. The van der Waals surface area contributed by atoms with E-state index < -0.39 is 0 Å². The van der Waals surface area contributed by atoms with Crippen molar-refractivity contribution in [2.24, 2.45) is 0 Å². The quantitative estimate of drug-likeness (QED) is 0.614. The summed E-state index contributed by atoms with van der Waals surface area (Å²) in [6.07, 6.45) is 9.30. The van der Waals surface area contributed by atoms with Crippen LogP contribution in [0.4, 0.5) is 0 Å². The van der Waals surface area contributed by atoms with E-state index in [2.05, 4.69) is 23.0 Å². The number of rotatable bonds is 6. The van der Waals surface area contributed by atoms with Gasteiger partial charge in [0.15, 0.2) is 0 Å². The van der Waals surface area contributed by atoms with Gasteiger partial charge in [-0.3, -0.25) is 4.90 Å². The Labute approximate surface area is 79.0 Å². The van der Waals surface area contributed by atoms with Crippen molar-refractivity contribution in [1.29, 1.82) is 0 Å². The van der Waals surface area contributed by atoms with E-state index in [-0.39, 0.29) is 0 Å². The maximum atomic E-state index is 3.98. The van der Waals surface area contributed by atoms with Crippen LogP contribution in [0.2, 0.25) is 0 Å². The molecule has 1 aromatic rings. The van der Waals surface area contributed by atoms with E-state index in [0.29, 0.717) is 0 Å². The molecule has 0 spiro atoms. The van der Waals surface area contributed by atoms with E-state index >= 15 is 0 Å². The van der Waals surface area contributed by atoms with Crippen LogP contribution >= 0.6 is 0 Å². The molecule has 0 aliphatic rings. The van der Waals surface area contributed by atoms with Crippen LogP contribution < -0.4 is 0 Å². The van der Waals surface area contributed by atoms with E-state index in [1.807, 2.05) is 22.9 Å². The molecule has 0 N–H and O–H groups in total. The first-order valence-corrected chi connectivity index (χ1v) is 4.26. The van der Waals surface area contributed by atoms with Crippen LogP contribution in [-0.4, -0.2) is 27.5 Å². The number of imidazole rings is 1. The fourth-order valence-corrected chi connectivity index (χ4v) is 1.16. The van der Waals surface area contributed by atoms with Crippen LogP contribution in [0.1, 0.15) is 0 Å². The van der Waals surface area contributed by atoms with E-state index in [0.717, 1.165) is 19.8 Å². The van der Waals surface area contributed by atoms with Gasteiger partial charge >= 0.3 is 0 Å². The minimum absolute atomic E-state index is 0.831. The van der Waals surface area contributed by atoms with E-state index in [1.165, 1.54) is 0 Å². The number of nitrogens with zero attached hydrogens (tertiary/aromatic N) is 3. The predicted molar refractivity (Wildman–Crippen MR) is 54.2 cm³/mol. The summed E-state index contributed by atoms with van der Waals surface area (Å²) in [4.78, 5) is 6.19. The van der Waals surface area contributed by atoms with Crippen LogP contribution in [0.15, 0.2) is 44.0 Å². The minimum atomic E-state index is 0.831. The van der Waals surface area contributed by atoms with Crippen molar-refractivity contribution in [2.75, 3.05) is 13.1 Å². The first-order chi connectivity index (χ1) is 6.36. The Hall–Kier alpha value is -1.35. The van der Waals surface area contributed by atoms with Crippen LogP contribution in [0.5, 0.6) is 0 Å². The molecule has 3 nitrogen and oxygen atoms in total. The monoisotopic (exact) mass is 177 g/mol. The summed E-state index contributed by atoms with van der Waals surface area (Å²) < 4.78 is 2.02. The topological polar surface area (TPSA) is 21.1 Å². The Morgan fingerprint density at radius 2 is 2.00 bits per heavy atom. The second-order valence-corrected chi connectivity index (χ2v) is 2.83. The summed E-state index contributed by atoms with van der Waals surface area (Å²) in [5.41, 5.74) is 0. The fourth-order valence-electron chi connectivity index (χ4n) is 1.16. The largest absolute Gasteiger partial charge is 0.324 e. The molecule has 13 heavy (non-hydrogen) atoms. The lowest BCUT2D eigenvalue weighted by Gasteiger charge is -2.18. The third-order valence-electron chi connectivity index (χ3n) is 1.70. The van der Waals surface area contributed by atoms with Gasteiger partial charge in [0.25, 0.3) is 0 Å². The van der Waals surface area contributed by atoms with Crippen molar-refractivity contribution < 1.29 is 0 Å². The number of aromatic nitrogens is 2. The summed E-state index contributed by atoms with van der Waals surface area (Å²) in [6.45, 7) is 9.98. The van der Waals surface area contributed by atoms with Gasteiger partial charge in [-0.25, -0.2) is 4.98 Å². The van der Waals surface area contributed by atoms with Crippen LogP contribution in [0.25, 0.3) is 0 Å². The lowest BCUT2D eigenvalue weighted by Crippen LogP contribution is -2.26. The molecule has 3 heteroatoms. The number of hydrogen-bond acceptors (Lipinski definition) is 2. The van der Waals surface area contributed by atoms with Gasteiger partial charge < -0.3 is 4.57 Å². The third kappa shape index (κ3) is 3.25. The van der Waals surface area contributed by atoms with Crippen molar-refractivity contribution in [3.63, 3.8) is 0 Å². The minimum Gasteiger partial charge on any atom is -0.324 e. The average molecular weight is 177 g/mol. The van der Waals surface area contributed by atoms with Crippen LogP contribution in [0, 0.1) is 0 Å². The van der Waals surface area contributed by atoms with E-state index in [9.17, 15) is 0 Å². The summed E-state index contributed by atoms with van der Waals surface area (Å²) in [5.74, 6) is 0. The van der Waals surface area contributed by atoms with Gasteiger partial charge in [0.1, 0.15) is 0 Å². The highest BCUT2D eigenvalue weighted by molar-refractivity contribution is 4.80. The second kappa shape index (κ2) is 5.32. The van der Waals surface area contributed by atoms with Gasteiger partial charge in [0.2, 0.25) is 0 Å². The predicted octanol–water partition coefficient (Wildman–Crippen LogP) is 1.51. The lowest BCUT2D eigenvalue weighted by molar-refractivity contribution is 0.267. The second-order valence-electron chi connectivity index (χ2n) is 2.83. The Morgan fingerprint density at radius 3 is 2.46 bits per heavy atom. The zero-order chi connectivity index (χ0) is 9.52. The van der Waals surface area contributed by atoms with Crippen LogP contribution in [-0.2, 0) is 6.67 Å². The molecule has 0 aliphatic heterocycles. The smallest absolute Gasteiger partial charge is 0.0956 e. The van der Waals surface area contributed by atoms with Crippen molar-refractivity contribution in [3.05, 3.63) is 44.0 Å². The van der Waals surface area contributed by atoms with Crippen molar-refractivity contribution in [3.8, 4) is 0 Å². The van der Waals surface area contributed by atoms with Gasteiger partial charge in [0.05, 0.1) is 13.0 Å². The molecule has 0 fully saturated rings. The molecule has 0 saturated carbocycles. The third-order valence-corrected chi connectivity index (χ3v) is 1.70. The summed E-state index contributed by atoms with van der Waals surface area (Å²) in [7, 11) is 0. The molecule has 0 unspecified atom stereocenters. The highest BCUT2D eigenvalue weighted by atomic mass is 15.2. The Morgan fingerprint density at radius 1 is 1.31 bits per heavy atom. The zero-order valence-corrected chi connectivity index (χ0v) is 7.76. The molecule has 0 aromatic carbocycles. The van der Waals surface area contributed by atoms with Crippen molar-refractivity contribution in [2.45, 2.75) is 6.67 Å². The van der Waals surface area contributed by atoms with Gasteiger partial charge in [-0.15, -0.1) is 13.2 Å². The summed E-state index contributed by atoms with van der Waals surface area (Å²) >= 11 is 0. The van der Waals surface area contributed by atoms with E-state index in [4.69, 9.17) is 0 Å². The highest BCUT2D eigenvalue weighted by Crippen LogP contribution is 1.94. The number of hydrogen-bond donors (Lipinski definition) is 0. The molecule has 1 heterocycles. The first-order valence-electron chi connectivity index (χ1n) is 4.26. The molecule has 1 aromatic heterocycles. The van der Waals surface area contributed by atoms with Gasteiger partial charge in [0, 0.05) is 25.5 Å². The molecule has 0 radical (unpaired) electrons. The average Bonchev–Trinajstić information content (AvgIpc) is 2.58. The molecule has 0 aliphatic carbocycles. The Balaban J connectivity index is 2.46. The molecule has 0 atom stereocenters. The molecular formula is C10H15N3. The molecule has 0 amide bonds. The highest BCUT2D eigenvalue weighted by Gasteiger charge is 1.99. The Bertz CT molecular complexity index is 241. The molecular weight excluding hydrogens is 162 g/mol. The van der Waals surface area contributed by atoms with Gasteiger partial charge in [-0.1, -0.05) is 12.2 Å². The van der Waals surface area contributed by atoms with Crippen LogP contribution in [0.3, 0.4) is 0 Å². The summed E-state index contributed by atoms with van der Waals surface area (Å²) in [6, 6.07) is 0. The zero-order valence-electron chi connectivity index (χ0n) is 7.76.